The number of carbonyl (C=O) groups is 2. The molecule has 0 aliphatic rings. The normalized spacial score (nSPS) is 11.1. The second-order valence-electron chi connectivity index (χ2n) is 6.00. The van der Waals surface area contributed by atoms with Crippen molar-refractivity contribution >= 4 is 33.5 Å². The van der Waals surface area contributed by atoms with Crippen LogP contribution in [-0.2, 0) is 4.79 Å². The topological polar surface area (TPSA) is 71.0 Å². The molecule has 0 fully saturated rings. The van der Waals surface area contributed by atoms with Crippen molar-refractivity contribution in [2.24, 2.45) is 5.10 Å². The lowest BCUT2D eigenvalue weighted by atomic mass is 10.1. The van der Waals surface area contributed by atoms with Gasteiger partial charge in [-0.3, -0.25) is 9.59 Å². The summed E-state index contributed by atoms with van der Waals surface area (Å²) in [6.07, 6.45) is 0. The minimum absolute atomic E-state index is 0.0100. The molecule has 0 aliphatic carbocycles. The van der Waals surface area contributed by atoms with Gasteiger partial charge >= 0.3 is 0 Å². The zero-order valence-electron chi connectivity index (χ0n) is 16.2. The molecule has 2 aromatic rings. The molecular weight excluding hydrogens is 422 g/mol. The van der Waals surface area contributed by atoms with Crippen molar-refractivity contribution < 1.29 is 14.3 Å². The van der Waals surface area contributed by atoms with Crippen LogP contribution in [-0.4, -0.2) is 42.1 Å². The van der Waals surface area contributed by atoms with Crippen LogP contribution in [0.3, 0.4) is 0 Å². The summed E-state index contributed by atoms with van der Waals surface area (Å²) in [6.45, 7) is 7.02. The molecule has 0 aliphatic heterocycles. The fourth-order valence-corrected chi connectivity index (χ4v) is 2.97. The molecular formula is C21H24BrN3O3. The fourth-order valence-electron chi connectivity index (χ4n) is 2.51. The molecule has 7 heteroatoms. The third kappa shape index (κ3) is 5.92. The van der Waals surface area contributed by atoms with E-state index in [1.807, 2.05) is 32.0 Å². The second-order valence-corrected chi connectivity index (χ2v) is 6.85. The molecule has 0 atom stereocenters. The van der Waals surface area contributed by atoms with Crippen LogP contribution in [0.1, 0.15) is 36.7 Å². The van der Waals surface area contributed by atoms with Gasteiger partial charge in [0.15, 0.2) is 6.61 Å². The Morgan fingerprint density at radius 2 is 1.71 bits per heavy atom. The number of likely N-dealkylation sites (N-methyl/N-ethyl adjacent to an activating group) is 1. The molecule has 0 aromatic heterocycles. The Bertz CT molecular complexity index is 846. The lowest BCUT2D eigenvalue weighted by Crippen LogP contribution is -2.34. The van der Waals surface area contributed by atoms with E-state index in [1.54, 1.807) is 42.2 Å². The van der Waals surface area contributed by atoms with Crippen LogP contribution in [0, 0.1) is 0 Å². The average Bonchev–Trinajstić information content (AvgIpc) is 2.72. The molecule has 2 rings (SSSR count). The minimum atomic E-state index is -0.290. The van der Waals surface area contributed by atoms with Crippen molar-refractivity contribution in [1.29, 1.82) is 0 Å². The molecule has 0 radical (unpaired) electrons. The fraction of sp³-hybridized carbons (Fsp3) is 0.286. The van der Waals surface area contributed by atoms with E-state index in [0.29, 0.717) is 34.6 Å². The number of hydrogen-bond acceptors (Lipinski definition) is 4. The molecule has 148 valence electrons. The van der Waals surface area contributed by atoms with Crippen LogP contribution >= 0.6 is 15.9 Å². The van der Waals surface area contributed by atoms with Crippen molar-refractivity contribution in [2.45, 2.75) is 20.8 Å². The molecule has 2 aromatic carbocycles. The van der Waals surface area contributed by atoms with Crippen molar-refractivity contribution in [3.05, 3.63) is 64.1 Å². The summed E-state index contributed by atoms with van der Waals surface area (Å²) in [5.41, 5.74) is 4.57. The van der Waals surface area contributed by atoms with E-state index in [2.05, 4.69) is 26.5 Å². The van der Waals surface area contributed by atoms with E-state index in [0.717, 1.165) is 5.56 Å². The van der Waals surface area contributed by atoms with Gasteiger partial charge in [0.05, 0.1) is 11.3 Å². The van der Waals surface area contributed by atoms with Gasteiger partial charge in [-0.25, -0.2) is 5.43 Å². The van der Waals surface area contributed by atoms with Crippen LogP contribution in [0.2, 0.25) is 0 Å². The van der Waals surface area contributed by atoms with Gasteiger partial charge in [-0.1, -0.05) is 12.1 Å². The van der Waals surface area contributed by atoms with Gasteiger partial charge in [-0.15, -0.1) is 0 Å². The Balaban J connectivity index is 1.95. The molecule has 0 saturated heterocycles. The number of benzene rings is 2. The largest absolute Gasteiger partial charge is 0.484 e. The summed E-state index contributed by atoms with van der Waals surface area (Å²) in [7, 11) is 0. The SMILES string of the molecule is CCN(CC)C(=O)COc1ccc(/C(C)=N\NC(=O)c2ccccc2Br)cc1. The smallest absolute Gasteiger partial charge is 0.272 e. The van der Waals surface area contributed by atoms with E-state index < -0.39 is 0 Å². The lowest BCUT2D eigenvalue weighted by molar-refractivity contribution is -0.132. The van der Waals surface area contributed by atoms with Crippen LogP contribution < -0.4 is 10.2 Å². The van der Waals surface area contributed by atoms with E-state index in [4.69, 9.17) is 4.74 Å². The Labute approximate surface area is 173 Å². The first-order valence-corrected chi connectivity index (χ1v) is 9.85. The molecule has 2 amide bonds. The molecule has 1 N–H and O–H groups in total. The summed E-state index contributed by atoms with van der Waals surface area (Å²) >= 11 is 3.35. The van der Waals surface area contributed by atoms with Gasteiger partial charge in [0, 0.05) is 17.6 Å². The van der Waals surface area contributed by atoms with E-state index >= 15 is 0 Å². The van der Waals surface area contributed by atoms with Crippen molar-refractivity contribution in [3.8, 4) is 5.75 Å². The first-order chi connectivity index (χ1) is 13.5. The summed E-state index contributed by atoms with van der Waals surface area (Å²) in [5.74, 6) is 0.276. The maximum atomic E-state index is 12.2. The highest BCUT2D eigenvalue weighted by molar-refractivity contribution is 9.10. The highest BCUT2D eigenvalue weighted by Crippen LogP contribution is 2.16. The monoisotopic (exact) mass is 445 g/mol. The maximum Gasteiger partial charge on any atom is 0.272 e. The first-order valence-electron chi connectivity index (χ1n) is 9.06. The quantitative estimate of drug-likeness (QED) is 0.495. The molecule has 28 heavy (non-hydrogen) atoms. The number of halogens is 1. The highest BCUT2D eigenvalue weighted by atomic mass is 79.9. The van der Waals surface area contributed by atoms with Crippen molar-refractivity contribution in [3.63, 3.8) is 0 Å². The van der Waals surface area contributed by atoms with Crippen LogP contribution in [0.15, 0.2) is 58.1 Å². The minimum Gasteiger partial charge on any atom is -0.484 e. The van der Waals surface area contributed by atoms with Gasteiger partial charge in [0.2, 0.25) is 0 Å². The van der Waals surface area contributed by atoms with Crippen molar-refractivity contribution in [2.75, 3.05) is 19.7 Å². The van der Waals surface area contributed by atoms with Crippen LogP contribution in [0.4, 0.5) is 0 Å². The number of amides is 2. The van der Waals surface area contributed by atoms with Gasteiger partial charge in [0.25, 0.3) is 11.8 Å². The maximum absolute atomic E-state index is 12.2. The Morgan fingerprint density at radius 1 is 1.07 bits per heavy atom. The average molecular weight is 446 g/mol. The first kappa shape index (κ1) is 21.6. The molecule has 6 nitrogen and oxygen atoms in total. The number of rotatable bonds is 8. The Morgan fingerprint density at radius 3 is 2.32 bits per heavy atom. The summed E-state index contributed by atoms with van der Waals surface area (Å²) in [5, 5.41) is 4.16. The summed E-state index contributed by atoms with van der Waals surface area (Å²) in [6, 6.07) is 14.4. The van der Waals surface area contributed by atoms with Gasteiger partial charge in [0.1, 0.15) is 5.75 Å². The van der Waals surface area contributed by atoms with Gasteiger partial charge in [-0.05, 0) is 78.7 Å². The Kier molecular flexibility index (Phi) is 8.19. The number of hydrogen-bond donors (Lipinski definition) is 1. The molecule has 0 saturated carbocycles. The molecule has 0 heterocycles. The van der Waals surface area contributed by atoms with E-state index in [9.17, 15) is 9.59 Å². The number of nitrogens with one attached hydrogen (secondary N) is 1. The predicted molar refractivity (Wildman–Crippen MR) is 114 cm³/mol. The van der Waals surface area contributed by atoms with Crippen molar-refractivity contribution in [1.82, 2.24) is 10.3 Å². The molecule has 0 spiro atoms. The lowest BCUT2D eigenvalue weighted by Gasteiger charge is -2.18. The number of ether oxygens (including phenoxy) is 1. The van der Waals surface area contributed by atoms with Gasteiger partial charge < -0.3 is 9.64 Å². The van der Waals surface area contributed by atoms with E-state index in [-0.39, 0.29) is 18.4 Å². The zero-order chi connectivity index (χ0) is 20.5. The number of nitrogens with zero attached hydrogens (tertiary/aromatic N) is 2. The third-order valence-corrected chi connectivity index (χ3v) is 4.89. The standard InChI is InChI=1S/C21H24BrN3O3/c1-4-25(5-2)20(26)14-28-17-12-10-16(11-13-17)15(3)23-24-21(27)18-8-6-7-9-19(18)22/h6-13H,4-5,14H2,1-3H3,(H,24,27)/b23-15-. The van der Waals surface area contributed by atoms with Crippen LogP contribution in [0.5, 0.6) is 5.75 Å². The highest BCUT2D eigenvalue weighted by Gasteiger charge is 2.11. The summed E-state index contributed by atoms with van der Waals surface area (Å²) < 4.78 is 6.26. The Hall–Kier alpha value is -2.67. The zero-order valence-corrected chi connectivity index (χ0v) is 17.8. The molecule has 0 unspecified atom stereocenters. The number of hydrazone groups is 1. The van der Waals surface area contributed by atoms with Crippen LogP contribution in [0.25, 0.3) is 0 Å². The second kappa shape index (κ2) is 10.6. The third-order valence-electron chi connectivity index (χ3n) is 4.19. The predicted octanol–water partition coefficient (Wildman–Crippen LogP) is 3.85. The molecule has 0 bridgehead atoms. The van der Waals surface area contributed by atoms with E-state index in [1.165, 1.54) is 0 Å². The summed E-state index contributed by atoms with van der Waals surface area (Å²) in [4.78, 5) is 25.9. The van der Waals surface area contributed by atoms with Gasteiger partial charge in [-0.2, -0.15) is 5.10 Å². The number of carbonyl (C=O) groups excluding carboxylic acids is 2.